The van der Waals surface area contributed by atoms with E-state index in [4.69, 9.17) is 4.74 Å². The average molecular weight is 415 g/mol. The zero-order chi connectivity index (χ0) is 20.4. The van der Waals surface area contributed by atoms with Crippen LogP contribution in [0.3, 0.4) is 0 Å². The molecule has 29 heavy (non-hydrogen) atoms. The van der Waals surface area contributed by atoms with Gasteiger partial charge in [-0.1, -0.05) is 31.0 Å². The van der Waals surface area contributed by atoms with E-state index in [-0.39, 0.29) is 17.6 Å². The molecular formula is C22H26N2O4S. The fourth-order valence-electron chi connectivity index (χ4n) is 4.26. The molecule has 2 aromatic rings. The molecular weight excluding hydrogens is 388 g/mol. The third kappa shape index (κ3) is 4.40. The van der Waals surface area contributed by atoms with E-state index in [1.54, 1.807) is 43.5 Å². The first kappa shape index (κ1) is 19.8. The molecule has 7 heteroatoms. The van der Waals surface area contributed by atoms with Crippen LogP contribution in [0, 0.1) is 5.92 Å². The number of benzene rings is 2. The van der Waals surface area contributed by atoms with Gasteiger partial charge in [0.05, 0.1) is 18.6 Å². The molecule has 1 heterocycles. The standard InChI is InChI=1S/C22H26N2O4S/c1-28-20-8-4-5-16(13-20)15-29(26,27)23-19-10-9-17-11-12-24(21(17)14-19)22(25)18-6-2-3-7-18/h4-5,8-10,13-14,18,23H,2-3,6-7,11-12,15H2,1H3. The number of nitrogens with zero attached hydrogens (tertiary/aromatic N) is 1. The van der Waals surface area contributed by atoms with Crippen LogP contribution in [0.15, 0.2) is 42.5 Å². The molecule has 0 unspecified atom stereocenters. The van der Waals surface area contributed by atoms with Gasteiger partial charge in [0, 0.05) is 18.2 Å². The Balaban J connectivity index is 1.51. The van der Waals surface area contributed by atoms with E-state index >= 15 is 0 Å². The third-order valence-electron chi connectivity index (χ3n) is 5.72. The summed E-state index contributed by atoms with van der Waals surface area (Å²) in [5.74, 6) is 0.759. The number of amides is 1. The van der Waals surface area contributed by atoms with Crippen LogP contribution in [-0.2, 0) is 27.0 Å². The highest BCUT2D eigenvalue weighted by Crippen LogP contribution is 2.35. The molecule has 2 aromatic carbocycles. The summed E-state index contributed by atoms with van der Waals surface area (Å²) in [7, 11) is -2.04. The number of carbonyl (C=O) groups is 1. The summed E-state index contributed by atoms with van der Waals surface area (Å²) in [5.41, 5.74) is 3.06. The van der Waals surface area contributed by atoms with Gasteiger partial charge >= 0.3 is 0 Å². The number of carbonyl (C=O) groups excluding carboxylic acids is 1. The summed E-state index contributed by atoms with van der Waals surface area (Å²) in [4.78, 5) is 14.7. The molecule has 4 rings (SSSR count). The molecule has 1 fully saturated rings. The first-order chi connectivity index (χ1) is 13.9. The number of nitrogens with one attached hydrogen (secondary N) is 1. The van der Waals surface area contributed by atoms with E-state index in [0.717, 1.165) is 43.4 Å². The number of rotatable bonds is 6. The molecule has 1 saturated carbocycles. The first-order valence-electron chi connectivity index (χ1n) is 10.0. The van der Waals surface area contributed by atoms with E-state index in [9.17, 15) is 13.2 Å². The first-order valence-corrected chi connectivity index (χ1v) is 11.7. The molecule has 0 aromatic heterocycles. The van der Waals surface area contributed by atoms with E-state index < -0.39 is 10.0 Å². The summed E-state index contributed by atoms with van der Waals surface area (Å²) in [6, 6.07) is 12.5. The van der Waals surface area contributed by atoms with Crippen molar-refractivity contribution in [2.45, 2.75) is 37.9 Å². The second-order valence-corrected chi connectivity index (χ2v) is 9.50. The molecule has 0 atom stereocenters. The highest BCUT2D eigenvalue weighted by molar-refractivity contribution is 7.91. The van der Waals surface area contributed by atoms with Gasteiger partial charge in [-0.3, -0.25) is 9.52 Å². The lowest BCUT2D eigenvalue weighted by Crippen LogP contribution is -2.33. The van der Waals surface area contributed by atoms with Crippen LogP contribution in [0.2, 0.25) is 0 Å². The van der Waals surface area contributed by atoms with Crippen molar-refractivity contribution in [2.75, 3.05) is 23.3 Å². The van der Waals surface area contributed by atoms with E-state index in [1.165, 1.54) is 0 Å². The Morgan fingerprint density at radius 1 is 1.17 bits per heavy atom. The molecule has 1 aliphatic heterocycles. The van der Waals surface area contributed by atoms with Crippen LogP contribution >= 0.6 is 0 Å². The molecule has 0 saturated heterocycles. The summed E-state index contributed by atoms with van der Waals surface area (Å²) in [6.45, 7) is 0.671. The van der Waals surface area contributed by atoms with Crippen molar-refractivity contribution < 1.29 is 17.9 Å². The van der Waals surface area contributed by atoms with Gasteiger partial charge in [0.15, 0.2) is 0 Å². The summed E-state index contributed by atoms with van der Waals surface area (Å²) in [6.07, 6.45) is 4.95. The van der Waals surface area contributed by atoms with Crippen molar-refractivity contribution in [2.24, 2.45) is 5.92 Å². The van der Waals surface area contributed by atoms with Gasteiger partial charge in [0.2, 0.25) is 15.9 Å². The minimum absolute atomic E-state index is 0.106. The van der Waals surface area contributed by atoms with Gasteiger partial charge in [0.1, 0.15) is 5.75 Å². The Morgan fingerprint density at radius 2 is 1.97 bits per heavy atom. The molecule has 154 valence electrons. The zero-order valence-corrected chi connectivity index (χ0v) is 17.4. The molecule has 2 aliphatic rings. The number of hydrogen-bond acceptors (Lipinski definition) is 4. The van der Waals surface area contributed by atoms with Crippen molar-refractivity contribution in [3.63, 3.8) is 0 Å². The quantitative estimate of drug-likeness (QED) is 0.782. The lowest BCUT2D eigenvalue weighted by Gasteiger charge is -2.22. The van der Waals surface area contributed by atoms with Crippen molar-refractivity contribution in [1.82, 2.24) is 0 Å². The number of methoxy groups -OCH3 is 1. The highest BCUT2D eigenvalue weighted by atomic mass is 32.2. The van der Waals surface area contributed by atoms with E-state index in [2.05, 4.69) is 4.72 Å². The number of anilines is 2. The second-order valence-electron chi connectivity index (χ2n) is 7.78. The van der Waals surface area contributed by atoms with E-state index in [1.807, 2.05) is 11.0 Å². The summed E-state index contributed by atoms with van der Waals surface area (Å²) >= 11 is 0. The summed E-state index contributed by atoms with van der Waals surface area (Å²) in [5, 5.41) is 0. The number of hydrogen-bond donors (Lipinski definition) is 1. The molecule has 0 bridgehead atoms. The Labute approximate surface area is 171 Å². The molecule has 1 amide bonds. The largest absolute Gasteiger partial charge is 0.497 e. The van der Waals surface area contributed by atoms with Gasteiger partial charge in [-0.2, -0.15) is 0 Å². The lowest BCUT2D eigenvalue weighted by atomic mass is 10.1. The fraction of sp³-hybridized carbons (Fsp3) is 0.409. The lowest BCUT2D eigenvalue weighted by molar-refractivity contribution is -0.122. The van der Waals surface area contributed by atoms with E-state index in [0.29, 0.717) is 23.5 Å². The van der Waals surface area contributed by atoms with Crippen LogP contribution in [-0.4, -0.2) is 28.0 Å². The molecule has 1 aliphatic carbocycles. The smallest absolute Gasteiger partial charge is 0.236 e. The SMILES string of the molecule is COc1cccc(CS(=O)(=O)Nc2ccc3c(c2)N(C(=O)C2CCCC2)CC3)c1. The van der Waals surface area contributed by atoms with Crippen LogP contribution in [0.4, 0.5) is 11.4 Å². The van der Waals surface area contributed by atoms with Gasteiger partial charge in [-0.25, -0.2) is 8.42 Å². The fourth-order valence-corrected chi connectivity index (χ4v) is 5.44. The predicted molar refractivity (Wildman–Crippen MR) is 114 cm³/mol. The van der Waals surface area contributed by atoms with Crippen LogP contribution in [0.5, 0.6) is 5.75 Å². The van der Waals surface area contributed by atoms with Crippen molar-refractivity contribution >= 4 is 27.3 Å². The molecule has 0 spiro atoms. The van der Waals surface area contributed by atoms with Gasteiger partial charge in [0.25, 0.3) is 0 Å². The molecule has 0 radical (unpaired) electrons. The van der Waals surface area contributed by atoms with Gasteiger partial charge in [-0.15, -0.1) is 0 Å². The zero-order valence-electron chi connectivity index (χ0n) is 16.6. The molecule has 6 nitrogen and oxygen atoms in total. The minimum atomic E-state index is -3.59. The maximum Gasteiger partial charge on any atom is 0.236 e. The van der Waals surface area contributed by atoms with Crippen molar-refractivity contribution in [3.05, 3.63) is 53.6 Å². The number of fused-ring (bicyclic) bond motifs is 1. The Hall–Kier alpha value is -2.54. The van der Waals surface area contributed by atoms with Crippen LogP contribution in [0.1, 0.15) is 36.8 Å². The Kier molecular flexibility index (Phi) is 5.50. The second kappa shape index (κ2) is 8.06. The normalized spacial score (nSPS) is 16.7. The average Bonchev–Trinajstić information content (AvgIpc) is 3.37. The van der Waals surface area contributed by atoms with Crippen LogP contribution in [0.25, 0.3) is 0 Å². The Morgan fingerprint density at radius 3 is 2.72 bits per heavy atom. The van der Waals surface area contributed by atoms with Crippen molar-refractivity contribution in [1.29, 1.82) is 0 Å². The number of sulfonamides is 1. The predicted octanol–water partition coefficient (Wildman–Crippen LogP) is 3.72. The van der Waals surface area contributed by atoms with Gasteiger partial charge < -0.3 is 9.64 Å². The maximum atomic E-state index is 12.9. The monoisotopic (exact) mass is 414 g/mol. The van der Waals surface area contributed by atoms with Crippen molar-refractivity contribution in [3.8, 4) is 5.75 Å². The van der Waals surface area contributed by atoms with Crippen LogP contribution < -0.4 is 14.4 Å². The molecule has 1 N–H and O–H groups in total. The maximum absolute atomic E-state index is 12.9. The Bertz CT molecular complexity index is 1010. The third-order valence-corrected chi connectivity index (χ3v) is 6.98. The number of ether oxygens (including phenoxy) is 1. The highest BCUT2D eigenvalue weighted by Gasteiger charge is 2.32. The van der Waals surface area contributed by atoms with Gasteiger partial charge in [-0.05, 0) is 54.7 Å². The summed E-state index contributed by atoms with van der Waals surface area (Å²) < 4.78 is 33.1. The topological polar surface area (TPSA) is 75.7 Å². The minimum Gasteiger partial charge on any atom is -0.497 e.